The number of aliphatic hydroxyl groups is 1. The average molecular weight is 396 g/mol. The standard InChI is InChI=1S/C18H19F3N4O3/c19-18(20,21)17(27)7-4-9-25(10-8-17)16(26)24-13-11-22-15(23-12-13)28-14-5-2-1-3-6-14/h1-3,5-6,11-12,27H,4,7-10H2,(H,24,26). The van der Waals surface area contributed by atoms with Gasteiger partial charge in [-0.1, -0.05) is 18.2 Å². The zero-order valence-electron chi connectivity index (χ0n) is 14.8. The van der Waals surface area contributed by atoms with Gasteiger partial charge < -0.3 is 20.1 Å². The van der Waals surface area contributed by atoms with Gasteiger partial charge in [-0.25, -0.2) is 14.8 Å². The molecule has 0 spiro atoms. The van der Waals surface area contributed by atoms with Gasteiger partial charge in [0.05, 0.1) is 18.1 Å². The molecular formula is C18H19F3N4O3. The maximum Gasteiger partial charge on any atom is 0.417 e. The van der Waals surface area contributed by atoms with E-state index in [4.69, 9.17) is 4.74 Å². The minimum absolute atomic E-state index is 0.0454. The Kier molecular flexibility index (Phi) is 5.68. The molecule has 0 radical (unpaired) electrons. The first-order valence-electron chi connectivity index (χ1n) is 8.67. The molecule has 2 amide bonds. The second kappa shape index (κ2) is 8.01. The van der Waals surface area contributed by atoms with E-state index < -0.39 is 30.7 Å². The second-order valence-electron chi connectivity index (χ2n) is 6.47. The van der Waals surface area contributed by atoms with Crippen LogP contribution < -0.4 is 10.1 Å². The van der Waals surface area contributed by atoms with Crippen molar-refractivity contribution in [3.63, 3.8) is 0 Å². The van der Waals surface area contributed by atoms with Gasteiger partial charge >= 0.3 is 18.2 Å². The Morgan fingerprint density at radius 1 is 1.14 bits per heavy atom. The van der Waals surface area contributed by atoms with Crippen LogP contribution in [0.25, 0.3) is 0 Å². The molecule has 1 unspecified atom stereocenters. The lowest BCUT2D eigenvalue weighted by molar-refractivity contribution is -0.263. The number of likely N-dealkylation sites (tertiary alicyclic amines) is 1. The summed E-state index contributed by atoms with van der Waals surface area (Å²) in [5, 5.41) is 12.4. The van der Waals surface area contributed by atoms with E-state index in [2.05, 4.69) is 15.3 Å². The van der Waals surface area contributed by atoms with E-state index in [-0.39, 0.29) is 31.2 Å². The Balaban J connectivity index is 1.57. The van der Waals surface area contributed by atoms with Gasteiger partial charge in [0, 0.05) is 19.5 Å². The number of ether oxygens (including phenoxy) is 1. The van der Waals surface area contributed by atoms with Gasteiger partial charge in [-0.2, -0.15) is 13.2 Å². The maximum atomic E-state index is 13.0. The van der Waals surface area contributed by atoms with Gasteiger partial charge in [0.15, 0.2) is 5.60 Å². The number of nitrogens with one attached hydrogen (secondary N) is 1. The van der Waals surface area contributed by atoms with Crippen molar-refractivity contribution in [1.82, 2.24) is 14.9 Å². The maximum absolute atomic E-state index is 13.0. The van der Waals surface area contributed by atoms with Crippen LogP contribution in [0.4, 0.5) is 23.7 Å². The van der Waals surface area contributed by atoms with Crippen molar-refractivity contribution in [3.05, 3.63) is 42.7 Å². The highest BCUT2D eigenvalue weighted by Gasteiger charge is 2.53. The third kappa shape index (κ3) is 4.69. The largest absolute Gasteiger partial charge is 0.424 e. The van der Waals surface area contributed by atoms with E-state index in [1.54, 1.807) is 24.3 Å². The molecule has 1 aliphatic rings. The number of anilines is 1. The zero-order chi connectivity index (χ0) is 20.2. The number of alkyl halides is 3. The first-order valence-corrected chi connectivity index (χ1v) is 8.67. The van der Waals surface area contributed by atoms with E-state index in [0.717, 1.165) is 0 Å². The molecular weight excluding hydrogens is 377 g/mol. The third-order valence-electron chi connectivity index (χ3n) is 4.46. The van der Waals surface area contributed by atoms with E-state index in [9.17, 15) is 23.1 Å². The number of aromatic nitrogens is 2. The number of hydrogen-bond donors (Lipinski definition) is 2. The van der Waals surface area contributed by atoms with Gasteiger partial charge in [0.2, 0.25) is 0 Å². The van der Waals surface area contributed by atoms with Gasteiger partial charge in [-0.15, -0.1) is 0 Å². The molecule has 1 saturated heterocycles. The number of hydrogen-bond acceptors (Lipinski definition) is 5. The monoisotopic (exact) mass is 396 g/mol. The summed E-state index contributed by atoms with van der Waals surface area (Å²) in [5.74, 6) is 0.556. The summed E-state index contributed by atoms with van der Waals surface area (Å²) in [5.41, 5.74) is -2.48. The topological polar surface area (TPSA) is 87.6 Å². The molecule has 0 aliphatic carbocycles. The molecule has 2 N–H and O–H groups in total. The number of carbonyl (C=O) groups is 1. The fourth-order valence-corrected chi connectivity index (χ4v) is 2.84. The van der Waals surface area contributed by atoms with Crippen molar-refractivity contribution in [3.8, 4) is 11.8 Å². The van der Waals surface area contributed by atoms with Crippen LogP contribution in [-0.4, -0.2) is 50.9 Å². The number of nitrogens with zero attached hydrogens (tertiary/aromatic N) is 3. The molecule has 2 aromatic rings. The molecule has 3 rings (SSSR count). The number of rotatable bonds is 3. The van der Waals surface area contributed by atoms with E-state index in [0.29, 0.717) is 5.75 Å². The molecule has 10 heteroatoms. The van der Waals surface area contributed by atoms with Gasteiger partial charge in [0.25, 0.3) is 0 Å². The smallest absolute Gasteiger partial charge is 0.417 e. The van der Waals surface area contributed by atoms with E-state index >= 15 is 0 Å². The minimum Gasteiger partial charge on any atom is -0.424 e. The summed E-state index contributed by atoms with van der Waals surface area (Å²) in [4.78, 5) is 21.5. The molecule has 28 heavy (non-hydrogen) atoms. The predicted octanol–water partition coefficient (Wildman–Crippen LogP) is 3.58. The summed E-state index contributed by atoms with van der Waals surface area (Å²) >= 11 is 0. The molecule has 7 nitrogen and oxygen atoms in total. The Morgan fingerprint density at radius 3 is 2.46 bits per heavy atom. The van der Waals surface area contributed by atoms with Crippen LogP contribution in [0, 0.1) is 0 Å². The number of amides is 2. The molecule has 2 heterocycles. The molecule has 1 atom stereocenters. The summed E-state index contributed by atoms with van der Waals surface area (Å²) in [6.45, 7) is -0.0990. The van der Waals surface area contributed by atoms with Crippen molar-refractivity contribution >= 4 is 11.7 Å². The first kappa shape index (κ1) is 19.9. The molecule has 0 saturated carbocycles. The quantitative estimate of drug-likeness (QED) is 0.828. The fourth-order valence-electron chi connectivity index (χ4n) is 2.84. The van der Waals surface area contributed by atoms with Crippen LogP contribution in [0.2, 0.25) is 0 Å². The van der Waals surface area contributed by atoms with E-state index in [1.807, 2.05) is 6.07 Å². The molecule has 1 fully saturated rings. The summed E-state index contributed by atoms with van der Waals surface area (Å²) in [7, 11) is 0. The number of benzene rings is 1. The summed E-state index contributed by atoms with van der Waals surface area (Å²) in [6.07, 6.45) is -3.00. The molecule has 1 aliphatic heterocycles. The van der Waals surface area contributed by atoms with Crippen molar-refractivity contribution in [2.24, 2.45) is 0 Å². The summed E-state index contributed by atoms with van der Waals surface area (Å²) in [6, 6.07) is 8.42. The van der Waals surface area contributed by atoms with Crippen LogP contribution in [0.1, 0.15) is 19.3 Å². The Bertz CT molecular complexity index is 802. The highest BCUT2D eigenvalue weighted by molar-refractivity contribution is 5.89. The van der Waals surface area contributed by atoms with Crippen LogP contribution in [-0.2, 0) is 0 Å². The predicted molar refractivity (Wildman–Crippen MR) is 94.0 cm³/mol. The lowest BCUT2D eigenvalue weighted by atomic mass is 9.94. The van der Waals surface area contributed by atoms with Gasteiger partial charge in [-0.3, -0.25) is 0 Å². The lowest BCUT2D eigenvalue weighted by Gasteiger charge is -2.29. The Morgan fingerprint density at radius 2 is 1.82 bits per heavy atom. The lowest BCUT2D eigenvalue weighted by Crippen LogP contribution is -2.46. The zero-order valence-corrected chi connectivity index (χ0v) is 14.8. The van der Waals surface area contributed by atoms with Crippen LogP contribution in [0.15, 0.2) is 42.7 Å². The normalized spacial score (nSPS) is 20.4. The minimum atomic E-state index is -4.72. The highest BCUT2D eigenvalue weighted by atomic mass is 19.4. The summed E-state index contributed by atoms with van der Waals surface area (Å²) < 4.78 is 44.4. The molecule has 1 aromatic heterocycles. The van der Waals surface area contributed by atoms with Crippen molar-refractivity contribution in [2.75, 3.05) is 18.4 Å². The van der Waals surface area contributed by atoms with Crippen LogP contribution in [0.3, 0.4) is 0 Å². The molecule has 150 valence electrons. The molecule has 1 aromatic carbocycles. The second-order valence-corrected chi connectivity index (χ2v) is 6.47. The third-order valence-corrected chi connectivity index (χ3v) is 4.46. The average Bonchev–Trinajstić information content (AvgIpc) is 2.87. The Hall–Kier alpha value is -2.88. The number of carbonyl (C=O) groups excluding carboxylic acids is 1. The first-order chi connectivity index (χ1) is 13.3. The van der Waals surface area contributed by atoms with Crippen molar-refractivity contribution < 1.29 is 27.8 Å². The van der Waals surface area contributed by atoms with Crippen LogP contribution >= 0.6 is 0 Å². The Labute approximate surface area is 159 Å². The highest BCUT2D eigenvalue weighted by Crippen LogP contribution is 2.38. The van der Waals surface area contributed by atoms with Crippen molar-refractivity contribution in [1.29, 1.82) is 0 Å². The van der Waals surface area contributed by atoms with Gasteiger partial charge in [0.1, 0.15) is 5.75 Å². The number of para-hydroxylation sites is 1. The van der Waals surface area contributed by atoms with E-state index in [1.165, 1.54) is 17.3 Å². The molecule has 0 bridgehead atoms. The number of halogens is 3. The SMILES string of the molecule is O=C(Nc1cnc(Oc2ccccc2)nc1)N1CCCC(O)(C(F)(F)F)CC1. The number of urea groups is 1. The van der Waals surface area contributed by atoms with Crippen LogP contribution in [0.5, 0.6) is 11.8 Å². The fraction of sp³-hybridized carbons (Fsp3) is 0.389. The van der Waals surface area contributed by atoms with Crippen molar-refractivity contribution in [2.45, 2.75) is 31.0 Å². The van der Waals surface area contributed by atoms with Gasteiger partial charge in [-0.05, 0) is 25.0 Å².